The number of rotatable bonds is 8. The van der Waals surface area contributed by atoms with Crippen molar-refractivity contribution in [3.8, 4) is 0 Å². The summed E-state index contributed by atoms with van der Waals surface area (Å²) in [5.41, 5.74) is 0.101. The summed E-state index contributed by atoms with van der Waals surface area (Å²) in [7, 11) is 0. The topological polar surface area (TPSA) is 109 Å². The van der Waals surface area contributed by atoms with Gasteiger partial charge in [0.1, 0.15) is 11.7 Å². The molecule has 1 aliphatic carbocycles. The maximum atomic E-state index is 12.9. The van der Waals surface area contributed by atoms with E-state index in [9.17, 15) is 14.4 Å². The van der Waals surface area contributed by atoms with Gasteiger partial charge in [0, 0.05) is 18.7 Å². The lowest BCUT2D eigenvalue weighted by Crippen LogP contribution is -2.58. The van der Waals surface area contributed by atoms with E-state index >= 15 is 0 Å². The zero-order valence-electron chi connectivity index (χ0n) is 21.5. The molecule has 38 heavy (non-hydrogen) atoms. The molecule has 1 aliphatic heterocycles. The number of hydrogen-bond acceptors (Lipinski definition) is 7. The van der Waals surface area contributed by atoms with Crippen molar-refractivity contribution in [1.29, 1.82) is 0 Å². The lowest BCUT2D eigenvalue weighted by atomic mass is 9.77. The number of nitrogens with zero attached hydrogens (tertiary/aromatic N) is 1. The van der Waals surface area contributed by atoms with Gasteiger partial charge in [-0.3, -0.25) is 19.1 Å². The van der Waals surface area contributed by atoms with E-state index in [1.165, 1.54) is 17.7 Å². The number of H-pyrrole nitrogens is 1. The van der Waals surface area contributed by atoms with Gasteiger partial charge in [-0.2, -0.15) is 0 Å². The molecule has 5 atom stereocenters. The fraction of sp³-hybridized carbons (Fsp3) is 0.414. The summed E-state index contributed by atoms with van der Waals surface area (Å²) in [4.78, 5) is 39.7. The number of hydrogen-bond donors (Lipinski definition) is 1. The van der Waals surface area contributed by atoms with Gasteiger partial charge in [-0.15, -0.1) is 0 Å². The molecule has 0 unspecified atom stereocenters. The van der Waals surface area contributed by atoms with Gasteiger partial charge < -0.3 is 18.9 Å². The number of esters is 1. The summed E-state index contributed by atoms with van der Waals surface area (Å²) >= 11 is 0. The van der Waals surface area contributed by atoms with E-state index in [-0.39, 0.29) is 12.7 Å². The van der Waals surface area contributed by atoms with Crippen LogP contribution in [0.4, 0.5) is 0 Å². The number of aryl methyl sites for hydroxylation is 1. The van der Waals surface area contributed by atoms with Crippen LogP contribution in [0.2, 0.25) is 0 Å². The average molecular weight is 521 g/mol. The highest BCUT2D eigenvalue weighted by atomic mass is 16.7. The summed E-state index contributed by atoms with van der Waals surface area (Å²) in [6.07, 6.45) is 0.486. The van der Waals surface area contributed by atoms with Gasteiger partial charge in [0.15, 0.2) is 12.3 Å². The van der Waals surface area contributed by atoms with Gasteiger partial charge >= 0.3 is 11.7 Å². The van der Waals surface area contributed by atoms with Gasteiger partial charge in [-0.25, -0.2) is 4.79 Å². The van der Waals surface area contributed by atoms with Crippen molar-refractivity contribution in [3.63, 3.8) is 0 Å². The minimum absolute atomic E-state index is 0.260. The second-order valence-corrected chi connectivity index (χ2v) is 9.91. The molecule has 1 saturated carbocycles. The number of fused-ring (bicyclic) bond motifs is 1. The van der Waals surface area contributed by atoms with E-state index in [1.54, 1.807) is 6.92 Å². The molecule has 5 rings (SSSR count). The summed E-state index contributed by atoms with van der Waals surface area (Å²) in [6, 6.07) is 19.6. The van der Waals surface area contributed by atoms with Crippen molar-refractivity contribution in [1.82, 2.24) is 9.55 Å². The standard InChI is InChI=1S/C29H32N2O7/c1-19-16-31(28(34)30-26(19)33)27-25(37-20(2)32)29(36-18-22-12-7-4-8-13-22)15-9-14-23(24(29)38-27)35-17-21-10-5-3-6-11-21/h3-8,10-13,16,23-25,27H,9,14-15,17-18H2,1-2H3,(H,30,33,34)/t23-,24-,25+,27-,29-/m1/s1. The number of aromatic amines is 1. The molecule has 2 fully saturated rings. The van der Waals surface area contributed by atoms with E-state index in [1.807, 2.05) is 60.7 Å². The van der Waals surface area contributed by atoms with E-state index < -0.39 is 41.3 Å². The molecule has 200 valence electrons. The van der Waals surface area contributed by atoms with Gasteiger partial charge in [0.2, 0.25) is 0 Å². The third-order valence-electron chi connectivity index (χ3n) is 7.27. The predicted octanol–water partition coefficient (Wildman–Crippen LogP) is 3.40. The van der Waals surface area contributed by atoms with Crippen molar-refractivity contribution in [3.05, 3.63) is 104 Å². The molecule has 1 saturated heterocycles. The smallest absolute Gasteiger partial charge is 0.330 e. The first-order chi connectivity index (χ1) is 18.4. The lowest BCUT2D eigenvalue weighted by Gasteiger charge is -2.44. The lowest BCUT2D eigenvalue weighted by molar-refractivity contribution is -0.202. The van der Waals surface area contributed by atoms with Crippen molar-refractivity contribution >= 4 is 5.97 Å². The number of aromatic nitrogens is 2. The molecular formula is C29H32N2O7. The number of ether oxygens (including phenoxy) is 4. The van der Waals surface area contributed by atoms with Crippen LogP contribution in [0.15, 0.2) is 76.4 Å². The Morgan fingerprint density at radius 3 is 2.37 bits per heavy atom. The predicted molar refractivity (Wildman–Crippen MR) is 138 cm³/mol. The van der Waals surface area contributed by atoms with Crippen molar-refractivity contribution < 1.29 is 23.7 Å². The van der Waals surface area contributed by atoms with Crippen LogP contribution in [-0.2, 0) is 37.0 Å². The Kier molecular flexibility index (Phi) is 7.60. The van der Waals surface area contributed by atoms with Crippen molar-refractivity contribution in [2.75, 3.05) is 0 Å². The largest absolute Gasteiger partial charge is 0.454 e. The molecule has 2 heterocycles. The van der Waals surface area contributed by atoms with Crippen LogP contribution in [0.5, 0.6) is 0 Å². The highest BCUT2D eigenvalue weighted by molar-refractivity contribution is 5.66. The Morgan fingerprint density at radius 2 is 1.71 bits per heavy atom. The molecule has 9 heteroatoms. The van der Waals surface area contributed by atoms with Crippen molar-refractivity contribution in [2.24, 2.45) is 0 Å². The Morgan fingerprint density at radius 1 is 1.05 bits per heavy atom. The molecule has 9 nitrogen and oxygen atoms in total. The van der Waals surface area contributed by atoms with Gasteiger partial charge in [0.25, 0.3) is 5.56 Å². The van der Waals surface area contributed by atoms with Crippen LogP contribution in [0, 0.1) is 6.92 Å². The normalized spacial score (nSPS) is 26.6. The molecule has 1 aromatic heterocycles. The molecule has 1 N–H and O–H groups in total. The minimum Gasteiger partial charge on any atom is -0.454 e. The number of carbonyl (C=O) groups is 1. The first kappa shape index (κ1) is 26.1. The summed E-state index contributed by atoms with van der Waals surface area (Å²) in [6.45, 7) is 3.56. The van der Waals surface area contributed by atoms with E-state index in [0.717, 1.165) is 17.5 Å². The van der Waals surface area contributed by atoms with Crippen molar-refractivity contribution in [2.45, 2.75) is 76.5 Å². The number of benzene rings is 2. The SMILES string of the molecule is CC(=O)O[C@H]1[C@H](n2cc(C)c(=O)[nH]c2=O)O[C@@H]2[C@H](OCc3ccccc3)CCC[C@@]21OCc1ccccc1. The third-order valence-corrected chi connectivity index (χ3v) is 7.27. The molecule has 0 amide bonds. The van der Waals surface area contributed by atoms with Gasteiger partial charge in [-0.1, -0.05) is 60.7 Å². The highest BCUT2D eigenvalue weighted by Gasteiger charge is 2.64. The quantitative estimate of drug-likeness (QED) is 0.454. The van der Waals surface area contributed by atoms with Crippen LogP contribution in [0.25, 0.3) is 0 Å². The van der Waals surface area contributed by atoms with Gasteiger partial charge in [0.05, 0.1) is 19.3 Å². The molecule has 0 bridgehead atoms. The second-order valence-electron chi connectivity index (χ2n) is 9.91. The maximum Gasteiger partial charge on any atom is 0.330 e. The van der Waals surface area contributed by atoms with Crippen LogP contribution < -0.4 is 11.2 Å². The zero-order chi connectivity index (χ0) is 26.7. The molecule has 2 aromatic carbocycles. The maximum absolute atomic E-state index is 12.9. The van der Waals surface area contributed by atoms with E-state index in [4.69, 9.17) is 18.9 Å². The number of carbonyl (C=O) groups excluding carboxylic acids is 1. The molecule has 0 radical (unpaired) electrons. The zero-order valence-corrected chi connectivity index (χ0v) is 21.5. The Labute approximate surface area is 220 Å². The Bertz CT molecular complexity index is 1370. The first-order valence-corrected chi connectivity index (χ1v) is 12.9. The van der Waals surface area contributed by atoms with Crippen LogP contribution >= 0.6 is 0 Å². The fourth-order valence-electron chi connectivity index (χ4n) is 5.46. The monoisotopic (exact) mass is 520 g/mol. The fourth-order valence-corrected chi connectivity index (χ4v) is 5.46. The summed E-state index contributed by atoms with van der Waals surface area (Å²) < 4.78 is 26.7. The molecular weight excluding hydrogens is 488 g/mol. The third kappa shape index (κ3) is 5.22. The van der Waals surface area contributed by atoms with E-state index in [2.05, 4.69) is 4.98 Å². The van der Waals surface area contributed by atoms with Crippen LogP contribution in [0.1, 0.15) is 49.1 Å². The van der Waals surface area contributed by atoms with Gasteiger partial charge in [-0.05, 0) is 37.3 Å². The Balaban J connectivity index is 1.54. The summed E-state index contributed by atoms with van der Waals surface area (Å²) in [5, 5.41) is 0. The minimum atomic E-state index is -1.07. The van der Waals surface area contributed by atoms with Crippen LogP contribution in [0.3, 0.4) is 0 Å². The average Bonchev–Trinajstić information content (AvgIpc) is 3.23. The molecule has 0 spiro atoms. The first-order valence-electron chi connectivity index (χ1n) is 12.9. The molecule has 2 aliphatic rings. The Hall–Kier alpha value is -3.53. The van der Waals surface area contributed by atoms with E-state index in [0.29, 0.717) is 25.0 Å². The second kappa shape index (κ2) is 11.1. The van der Waals surface area contributed by atoms with Crippen LogP contribution in [-0.4, -0.2) is 39.4 Å². The number of nitrogens with one attached hydrogen (secondary N) is 1. The summed E-state index contributed by atoms with van der Waals surface area (Å²) in [5.74, 6) is -0.520. The molecule has 3 aromatic rings. The highest BCUT2D eigenvalue weighted by Crippen LogP contribution is 2.50.